The van der Waals surface area contributed by atoms with Crippen LogP contribution in [-0.2, 0) is 0 Å². The number of aromatic nitrogens is 2. The highest BCUT2D eigenvalue weighted by Crippen LogP contribution is 2.31. The van der Waals surface area contributed by atoms with Crippen LogP contribution in [0, 0.1) is 6.92 Å². The highest BCUT2D eigenvalue weighted by molar-refractivity contribution is 7.17. The maximum absolute atomic E-state index is 8.66. The van der Waals surface area contributed by atoms with Crippen LogP contribution in [-0.4, -0.2) is 20.8 Å². The minimum absolute atomic E-state index is 0.920. The molecule has 1 N–H and O–H groups in total. The van der Waals surface area contributed by atoms with Crippen LogP contribution in [0.15, 0.2) is 66.1 Å². The Balaban J connectivity index is 1.78. The van der Waals surface area contributed by atoms with E-state index in [9.17, 15) is 0 Å². The van der Waals surface area contributed by atoms with Gasteiger partial charge in [0, 0.05) is 21.5 Å². The van der Waals surface area contributed by atoms with E-state index in [1.807, 2.05) is 18.3 Å². The fourth-order valence-electron chi connectivity index (χ4n) is 2.76. The van der Waals surface area contributed by atoms with Gasteiger partial charge >= 0.3 is 0 Å². The quantitative estimate of drug-likeness (QED) is 0.331. The van der Waals surface area contributed by atoms with Crippen molar-refractivity contribution in [2.45, 2.75) is 6.92 Å². The topological polar surface area (TPSA) is 49.9 Å². The highest BCUT2D eigenvalue weighted by Gasteiger charge is 2.08. The van der Waals surface area contributed by atoms with Gasteiger partial charge in [0.15, 0.2) is 0 Å². The zero-order valence-corrected chi connectivity index (χ0v) is 13.9. The number of thiophene rings is 1. The molecule has 3 heterocycles. The Morgan fingerprint density at radius 2 is 2.00 bits per heavy atom. The second-order valence-electron chi connectivity index (χ2n) is 5.60. The molecular formula is C19H15N3OS. The first-order valence-electron chi connectivity index (χ1n) is 7.56. The van der Waals surface area contributed by atoms with Gasteiger partial charge in [-0.25, -0.2) is 4.98 Å². The third-order valence-corrected chi connectivity index (χ3v) is 4.99. The molecule has 1 aromatic carbocycles. The maximum Gasteiger partial charge on any atom is 0.137 e. The average Bonchev–Trinajstić information content (AvgIpc) is 3.22. The second-order valence-corrected chi connectivity index (χ2v) is 6.72. The Hall–Kier alpha value is -2.92. The van der Waals surface area contributed by atoms with Gasteiger partial charge in [-0.3, -0.25) is 4.40 Å². The van der Waals surface area contributed by atoms with E-state index in [2.05, 4.69) is 64.1 Å². The lowest BCUT2D eigenvalue weighted by atomic mass is 10.1. The van der Waals surface area contributed by atoms with Crippen LogP contribution in [0.2, 0.25) is 0 Å². The van der Waals surface area contributed by atoms with E-state index < -0.39 is 0 Å². The fraction of sp³-hybridized carbons (Fsp3) is 0.0526. The van der Waals surface area contributed by atoms with Crippen molar-refractivity contribution >= 4 is 23.2 Å². The summed E-state index contributed by atoms with van der Waals surface area (Å²) >= 11 is 1.59. The number of benzene rings is 1. The molecule has 0 aliphatic rings. The van der Waals surface area contributed by atoms with Crippen LogP contribution in [0.5, 0.6) is 0 Å². The molecule has 0 radical (unpaired) electrons. The first kappa shape index (κ1) is 14.7. The van der Waals surface area contributed by atoms with E-state index in [1.165, 1.54) is 11.8 Å². The summed E-state index contributed by atoms with van der Waals surface area (Å²) in [6.45, 7) is 2.07. The monoisotopic (exact) mass is 333 g/mol. The minimum Gasteiger partial charge on any atom is -0.411 e. The second kappa shape index (κ2) is 5.94. The third kappa shape index (κ3) is 2.59. The van der Waals surface area contributed by atoms with E-state index in [-0.39, 0.29) is 0 Å². The summed E-state index contributed by atoms with van der Waals surface area (Å²) in [6, 6.07) is 16.5. The molecule has 0 saturated carbocycles. The molecule has 0 bridgehead atoms. The van der Waals surface area contributed by atoms with Crippen LogP contribution in [0.25, 0.3) is 27.3 Å². The summed E-state index contributed by atoms with van der Waals surface area (Å²) in [5.41, 5.74) is 5.48. The van der Waals surface area contributed by atoms with Gasteiger partial charge in [-0.15, -0.1) is 11.3 Å². The number of pyridine rings is 1. The molecule has 0 fully saturated rings. The lowest BCUT2D eigenvalue weighted by molar-refractivity contribution is 0.322. The number of oxime groups is 1. The molecule has 4 nitrogen and oxygen atoms in total. The van der Waals surface area contributed by atoms with Crippen LogP contribution >= 0.6 is 11.3 Å². The molecule has 3 aromatic heterocycles. The van der Waals surface area contributed by atoms with Gasteiger partial charge in [0.25, 0.3) is 0 Å². The van der Waals surface area contributed by atoms with Gasteiger partial charge in [-0.2, -0.15) is 0 Å². The zero-order chi connectivity index (χ0) is 16.5. The number of nitrogens with zero attached hydrogens (tertiary/aromatic N) is 3. The van der Waals surface area contributed by atoms with Crippen molar-refractivity contribution in [2.24, 2.45) is 5.16 Å². The summed E-state index contributed by atoms with van der Waals surface area (Å²) in [6.07, 6.45) is 5.41. The Labute approximate surface area is 143 Å². The highest BCUT2D eigenvalue weighted by atomic mass is 32.1. The van der Waals surface area contributed by atoms with Gasteiger partial charge in [0.1, 0.15) is 5.65 Å². The van der Waals surface area contributed by atoms with Crippen LogP contribution in [0.3, 0.4) is 0 Å². The van der Waals surface area contributed by atoms with Crippen molar-refractivity contribution in [3.63, 3.8) is 0 Å². The summed E-state index contributed by atoms with van der Waals surface area (Å²) < 4.78 is 2.10. The Bertz CT molecular complexity index is 1050. The summed E-state index contributed by atoms with van der Waals surface area (Å²) in [5, 5.41) is 11.7. The normalized spacial score (nSPS) is 11.5. The molecule has 24 heavy (non-hydrogen) atoms. The maximum atomic E-state index is 8.66. The third-order valence-electron chi connectivity index (χ3n) is 3.92. The van der Waals surface area contributed by atoms with Crippen LogP contribution in [0.1, 0.15) is 10.4 Å². The van der Waals surface area contributed by atoms with Crippen molar-refractivity contribution in [3.8, 4) is 21.7 Å². The molecular weight excluding hydrogens is 318 g/mol. The van der Waals surface area contributed by atoms with Gasteiger partial charge < -0.3 is 5.21 Å². The number of imidazole rings is 1. The molecule has 0 spiro atoms. The number of fused-ring (bicyclic) bond motifs is 1. The molecule has 4 rings (SSSR count). The van der Waals surface area contributed by atoms with Gasteiger partial charge in [-0.1, -0.05) is 23.4 Å². The smallest absolute Gasteiger partial charge is 0.137 e. The standard InChI is InChI=1S/C19H15N3OS/c1-13-7-8-22-17(12-20-19(22)9-13)14-3-2-4-15(10-14)18-6-5-16(24-18)11-21-23/h2-12,23H,1H3. The SMILES string of the molecule is Cc1ccn2c(-c3cccc(-c4ccc(C=NO)s4)c3)cnc2c1. The molecule has 5 heteroatoms. The van der Waals surface area contributed by atoms with E-state index >= 15 is 0 Å². The molecule has 0 amide bonds. The van der Waals surface area contributed by atoms with E-state index in [1.54, 1.807) is 11.3 Å². The first-order chi connectivity index (χ1) is 11.7. The van der Waals surface area contributed by atoms with Crippen molar-refractivity contribution in [2.75, 3.05) is 0 Å². The Morgan fingerprint density at radius 1 is 1.12 bits per heavy atom. The summed E-state index contributed by atoms with van der Waals surface area (Å²) in [4.78, 5) is 6.56. The molecule has 0 atom stereocenters. The summed E-state index contributed by atoms with van der Waals surface area (Å²) in [5.74, 6) is 0. The minimum atomic E-state index is 0.920. The summed E-state index contributed by atoms with van der Waals surface area (Å²) in [7, 11) is 0. The van der Waals surface area contributed by atoms with Gasteiger partial charge in [-0.05, 0) is 48.4 Å². The Morgan fingerprint density at radius 3 is 2.88 bits per heavy atom. The largest absolute Gasteiger partial charge is 0.411 e. The molecule has 4 aromatic rings. The van der Waals surface area contributed by atoms with E-state index in [4.69, 9.17) is 5.21 Å². The van der Waals surface area contributed by atoms with E-state index in [0.717, 1.165) is 32.2 Å². The van der Waals surface area contributed by atoms with Crippen molar-refractivity contribution in [3.05, 3.63) is 71.4 Å². The average molecular weight is 333 g/mol. The zero-order valence-electron chi connectivity index (χ0n) is 13.0. The van der Waals surface area contributed by atoms with Gasteiger partial charge in [0.05, 0.1) is 18.1 Å². The number of hydrogen-bond donors (Lipinski definition) is 1. The molecule has 0 saturated heterocycles. The van der Waals surface area contributed by atoms with E-state index in [0.29, 0.717) is 0 Å². The number of hydrogen-bond acceptors (Lipinski definition) is 4. The van der Waals surface area contributed by atoms with Gasteiger partial charge in [0.2, 0.25) is 0 Å². The lowest BCUT2D eigenvalue weighted by Gasteiger charge is -2.05. The Kier molecular flexibility index (Phi) is 3.63. The lowest BCUT2D eigenvalue weighted by Crippen LogP contribution is -1.88. The predicted molar refractivity (Wildman–Crippen MR) is 98.1 cm³/mol. The van der Waals surface area contributed by atoms with Crippen molar-refractivity contribution < 1.29 is 5.21 Å². The van der Waals surface area contributed by atoms with Crippen LogP contribution in [0.4, 0.5) is 0 Å². The first-order valence-corrected chi connectivity index (χ1v) is 8.38. The number of aryl methyl sites for hydroxylation is 1. The molecule has 118 valence electrons. The predicted octanol–water partition coefficient (Wildman–Crippen LogP) is 4.85. The number of rotatable bonds is 3. The fourth-order valence-corrected chi connectivity index (χ4v) is 3.63. The molecule has 0 aliphatic heterocycles. The molecule has 0 aliphatic carbocycles. The van der Waals surface area contributed by atoms with Crippen molar-refractivity contribution in [1.82, 2.24) is 9.38 Å². The molecule has 0 unspecified atom stereocenters. The van der Waals surface area contributed by atoms with Crippen molar-refractivity contribution in [1.29, 1.82) is 0 Å². The van der Waals surface area contributed by atoms with Crippen LogP contribution < -0.4 is 0 Å².